The van der Waals surface area contributed by atoms with Crippen LogP contribution < -0.4 is 5.73 Å². The van der Waals surface area contributed by atoms with Gasteiger partial charge in [-0.25, -0.2) is 0 Å². The molecule has 0 aliphatic carbocycles. The lowest BCUT2D eigenvalue weighted by molar-refractivity contribution is -0.121. The van der Waals surface area contributed by atoms with E-state index in [1.165, 1.54) is 5.56 Å². The Balaban J connectivity index is 2.40. The maximum atomic E-state index is 12.1. The quantitative estimate of drug-likeness (QED) is 0.778. The van der Waals surface area contributed by atoms with Crippen LogP contribution in [0.25, 0.3) is 0 Å². The molecule has 2 nitrogen and oxygen atoms in total. The van der Waals surface area contributed by atoms with Gasteiger partial charge in [-0.15, -0.1) is 0 Å². The highest BCUT2D eigenvalue weighted by Gasteiger charge is 2.13. The van der Waals surface area contributed by atoms with Gasteiger partial charge in [0.1, 0.15) is 5.78 Å². The van der Waals surface area contributed by atoms with Crippen LogP contribution in [0.5, 0.6) is 0 Å². The standard InChI is InChI=1S/C17H27NO/c1-4-15-8-10-16(11-9-15)12-17(19)13(2)6-5-7-14(3)18/h8-11,13-14H,4-7,12,18H2,1-3H3. The molecular formula is C17H27NO. The van der Waals surface area contributed by atoms with Crippen LogP contribution in [0.4, 0.5) is 0 Å². The summed E-state index contributed by atoms with van der Waals surface area (Å²) in [5.41, 5.74) is 8.17. The topological polar surface area (TPSA) is 43.1 Å². The predicted octanol–water partition coefficient (Wildman–Crippen LogP) is 3.51. The first-order chi connectivity index (χ1) is 9.02. The van der Waals surface area contributed by atoms with Crippen molar-refractivity contribution in [2.75, 3.05) is 0 Å². The van der Waals surface area contributed by atoms with Crippen molar-refractivity contribution in [2.45, 2.75) is 58.9 Å². The number of ketones is 1. The number of Topliss-reactive ketones (excluding diaryl/α,β-unsaturated/α-hetero) is 1. The molecule has 19 heavy (non-hydrogen) atoms. The summed E-state index contributed by atoms with van der Waals surface area (Å²) in [4.78, 5) is 12.1. The zero-order chi connectivity index (χ0) is 14.3. The van der Waals surface area contributed by atoms with Crippen molar-refractivity contribution in [3.05, 3.63) is 35.4 Å². The SMILES string of the molecule is CCc1ccc(CC(=O)C(C)CCCC(C)N)cc1. The fraction of sp³-hybridized carbons (Fsp3) is 0.588. The van der Waals surface area contributed by atoms with E-state index < -0.39 is 0 Å². The van der Waals surface area contributed by atoms with E-state index in [4.69, 9.17) is 5.73 Å². The summed E-state index contributed by atoms with van der Waals surface area (Å²) in [5, 5.41) is 0. The monoisotopic (exact) mass is 261 g/mol. The number of rotatable bonds is 8. The van der Waals surface area contributed by atoms with Crippen LogP contribution >= 0.6 is 0 Å². The molecule has 106 valence electrons. The zero-order valence-corrected chi connectivity index (χ0v) is 12.5. The molecule has 0 aliphatic rings. The first-order valence-electron chi connectivity index (χ1n) is 7.39. The van der Waals surface area contributed by atoms with Gasteiger partial charge < -0.3 is 5.73 Å². The van der Waals surface area contributed by atoms with E-state index in [2.05, 4.69) is 31.2 Å². The van der Waals surface area contributed by atoms with Gasteiger partial charge in [0.15, 0.2) is 0 Å². The Labute approximate surface area is 117 Å². The Morgan fingerprint density at radius 1 is 1.11 bits per heavy atom. The largest absolute Gasteiger partial charge is 0.328 e. The fourth-order valence-electron chi connectivity index (χ4n) is 2.18. The third kappa shape index (κ3) is 6.02. The van der Waals surface area contributed by atoms with Crippen molar-refractivity contribution >= 4 is 5.78 Å². The molecule has 0 spiro atoms. The third-order valence-corrected chi connectivity index (χ3v) is 3.66. The summed E-state index contributed by atoms with van der Waals surface area (Å²) < 4.78 is 0. The molecule has 0 fully saturated rings. The second-order valence-electron chi connectivity index (χ2n) is 5.62. The third-order valence-electron chi connectivity index (χ3n) is 3.66. The van der Waals surface area contributed by atoms with E-state index in [0.29, 0.717) is 12.2 Å². The molecule has 0 radical (unpaired) electrons. The normalized spacial score (nSPS) is 14.1. The van der Waals surface area contributed by atoms with Crippen molar-refractivity contribution < 1.29 is 4.79 Å². The zero-order valence-electron chi connectivity index (χ0n) is 12.5. The molecule has 0 amide bonds. The molecule has 1 rings (SSSR count). The van der Waals surface area contributed by atoms with Crippen LogP contribution in [0.15, 0.2) is 24.3 Å². The van der Waals surface area contributed by atoms with E-state index in [0.717, 1.165) is 31.2 Å². The Kier molecular flexibility index (Phi) is 6.79. The summed E-state index contributed by atoms with van der Waals surface area (Å²) in [6.45, 7) is 6.19. The van der Waals surface area contributed by atoms with Crippen LogP contribution in [0.3, 0.4) is 0 Å². The molecule has 0 heterocycles. The van der Waals surface area contributed by atoms with Gasteiger partial charge in [-0.05, 0) is 37.3 Å². The number of hydrogen-bond donors (Lipinski definition) is 1. The Morgan fingerprint density at radius 3 is 2.21 bits per heavy atom. The highest BCUT2D eigenvalue weighted by Crippen LogP contribution is 2.14. The number of aryl methyl sites for hydroxylation is 1. The van der Waals surface area contributed by atoms with E-state index in [-0.39, 0.29) is 12.0 Å². The smallest absolute Gasteiger partial charge is 0.140 e. The summed E-state index contributed by atoms with van der Waals surface area (Å²) in [6.07, 6.45) is 4.60. The Hall–Kier alpha value is -1.15. The summed E-state index contributed by atoms with van der Waals surface area (Å²) >= 11 is 0. The average Bonchev–Trinajstić information content (AvgIpc) is 2.39. The van der Waals surface area contributed by atoms with E-state index >= 15 is 0 Å². The summed E-state index contributed by atoms with van der Waals surface area (Å²) in [5.74, 6) is 0.485. The molecule has 2 unspecified atom stereocenters. The first kappa shape index (κ1) is 15.9. The predicted molar refractivity (Wildman–Crippen MR) is 81.2 cm³/mol. The lowest BCUT2D eigenvalue weighted by Gasteiger charge is -2.11. The van der Waals surface area contributed by atoms with Crippen molar-refractivity contribution in [1.29, 1.82) is 0 Å². The van der Waals surface area contributed by atoms with Crippen molar-refractivity contribution in [2.24, 2.45) is 11.7 Å². The minimum Gasteiger partial charge on any atom is -0.328 e. The van der Waals surface area contributed by atoms with E-state index in [9.17, 15) is 4.79 Å². The van der Waals surface area contributed by atoms with Gasteiger partial charge in [0.05, 0.1) is 0 Å². The number of hydrogen-bond acceptors (Lipinski definition) is 2. The van der Waals surface area contributed by atoms with Gasteiger partial charge in [-0.2, -0.15) is 0 Å². The van der Waals surface area contributed by atoms with Gasteiger partial charge in [-0.3, -0.25) is 4.79 Å². The van der Waals surface area contributed by atoms with Gasteiger partial charge in [0.2, 0.25) is 0 Å². The molecule has 0 aromatic heterocycles. The van der Waals surface area contributed by atoms with Crippen LogP contribution in [0.1, 0.15) is 51.2 Å². The number of benzene rings is 1. The van der Waals surface area contributed by atoms with Crippen LogP contribution in [-0.4, -0.2) is 11.8 Å². The fourth-order valence-corrected chi connectivity index (χ4v) is 2.18. The average molecular weight is 261 g/mol. The van der Waals surface area contributed by atoms with Gasteiger partial charge in [0, 0.05) is 18.4 Å². The second-order valence-corrected chi connectivity index (χ2v) is 5.62. The Bertz CT molecular complexity index is 381. The molecule has 2 heteroatoms. The van der Waals surface area contributed by atoms with Crippen LogP contribution in [0, 0.1) is 5.92 Å². The Morgan fingerprint density at radius 2 is 1.68 bits per heavy atom. The minimum absolute atomic E-state index is 0.143. The minimum atomic E-state index is 0.143. The first-order valence-corrected chi connectivity index (χ1v) is 7.39. The molecule has 2 atom stereocenters. The second kappa shape index (κ2) is 8.11. The lowest BCUT2D eigenvalue weighted by Crippen LogP contribution is -2.17. The van der Waals surface area contributed by atoms with Crippen molar-refractivity contribution in [3.8, 4) is 0 Å². The van der Waals surface area contributed by atoms with Gasteiger partial charge >= 0.3 is 0 Å². The maximum absolute atomic E-state index is 12.1. The van der Waals surface area contributed by atoms with E-state index in [1.807, 2.05) is 13.8 Å². The molecule has 1 aromatic rings. The highest BCUT2D eigenvalue weighted by atomic mass is 16.1. The number of carbonyl (C=O) groups excluding carboxylic acids is 1. The lowest BCUT2D eigenvalue weighted by atomic mass is 9.93. The number of carbonyl (C=O) groups is 1. The highest BCUT2D eigenvalue weighted by molar-refractivity contribution is 5.82. The molecule has 2 N–H and O–H groups in total. The van der Waals surface area contributed by atoms with Crippen LogP contribution in [0.2, 0.25) is 0 Å². The molecule has 1 aromatic carbocycles. The molecule has 0 saturated heterocycles. The molecule has 0 aliphatic heterocycles. The van der Waals surface area contributed by atoms with E-state index in [1.54, 1.807) is 0 Å². The van der Waals surface area contributed by atoms with Crippen molar-refractivity contribution in [1.82, 2.24) is 0 Å². The summed E-state index contributed by atoms with van der Waals surface area (Å²) in [7, 11) is 0. The van der Waals surface area contributed by atoms with Crippen LogP contribution in [-0.2, 0) is 17.6 Å². The molecule has 0 saturated carbocycles. The summed E-state index contributed by atoms with van der Waals surface area (Å²) in [6, 6.07) is 8.62. The van der Waals surface area contributed by atoms with Gasteiger partial charge in [0.25, 0.3) is 0 Å². The molecule has 0 bridgehead atoms. The maximum Gasteiger partial charge on any atom is 0.140 e. The van der Waals surface area contributed by atoms with Crippen molar-refractivity contribution in [3.63, 3.8) is 0 Å². The van der Waals surface area contributed by atoms with Gasteiger partial charge in [-0.1, -0.05) is 44.5 Å². The molecular weight excluding hydrogens is 234 g/mol. The number of nitrogens with two attached hydrogens (primary N) is 1.